The fraction of sp³-hybridized carbons (Fsp3) is 0.625. The van der Waals surface area contributed by atoms with E-state index in [4.69, 9.17) is 0 Å². The zero-order valence-corrected chi connectivity index (χ0v) is 11.7. The number of hydrogen-bond acceptors (Lipinski definition) is 2. The summed E-state index contributed by atoms with van der Waals surface area (Å²) in [6.45, 7) is 9.39. The fourth-order valence-electron chi connectivity index (χ4n) is 3.01. The summed E-state index contributed by atoms with van der Waals surface area (Å²) in [5.41, 5.74) is 1.42. The summed E-state index contributed by atoms with van der Waals surface area (Å²) in [5.74, 6) is 0.658. The van der Waals surface area contributed by atoms with Gasteiger partial charge in [-0.3, -0.25) is 0 Å². The van der Waals surface area contributed by atoms with Gasteiger partial charge in [-0.05, 0) is 44.0 Å². The number of hydrogen-bond donors (Lipinski definition) is 1. The maximum Gasteiger partial charge on any atom is 0.0358 e. The molecular formula is C16H26N2. The molecule has 100 valence electrons. The summed E-state index contributed by atoms with van der Waals surface area (Å²) in [4.78, 5) is 2.61. The Bertz CT molecular complexity index is 330. The maximum atomic E-state index is 3.65. The molecular weight excluding hydrogens is 220 g/mol. The van der Waals surface area contributed by atoms with Gasteiger partial charge >= 0.3 is 0 Å². The van der Waals surface area contributed by atoms with Crippen LogP contribution in [0.1, 0.15) is 38.3 Å². The molecule has 18 heavy (non-hydrogen) atoms. The monoisotopic (exact) mass is 246 g/mol. The molecule has 1 heterocycles. The average molecular weight is 246 g/mol. The van der Waals surface area contributed by atoms with Crippen molar-refractivity contribution >= 4 is 0 Å². The molecule has 1 N–H and O–H groups in total. The van der Waals surface area contributed by atoms with Crippen molar-refractivity contribution in [1.82, 2.24) is 10.2 Å². The lowest BCUT2D eigenvalue weighted by Crippen LogP contribution is -2.34. The Labute approximate surface area is 111 Å². The first-order chi connectivity index (χ1) is 8.81. The van der Waals surface area contributed by atoms with Crippen molar-refractivity contribution in [2.24, 2.45) is 5.92 Å². The van der Waals surface area contributed by atoms with E-state index in [2.05, 4.69) is 54.4 Å². The largest absolute Gasteiger partial charge is 0.310 e. The van der Waals surface area contributed by atoms with Crippen molar-refractivity contribution in [2.45, 2.75) is 32.7 Å². The summed E-state index contributed by atoms with van der Waals surface area (Å²) in [6, 6.07) is 11.3. The molecule has 2 nitrogen and oxygen atoms in total. The second-order valence-corrected chi connectivity index (χ2v) is 5.43. The van der Waals surface area contributed by atoms with Crippen LogP contribution in [0.15, 0.2) is 30.3 Å². The van der Waals surface area contributed by atoms with Crippen molar-refractivity contribution in [2.75, 3.05) is 26.2 Å². The van der Waals surface area contributed by atoms with Gasteiger partial charge in [0.15, 0.2) is 0 Å². The molecule has 2 heteroatoms. The Hall–Kier alpha value is -0.860. The van der Waals surface area contributed by atoms with Gasteiger partial charge in [0, 0.05) is 12.6 Å². The summed E-state index contributed by atoms with van der Waals surface area (Å²) >= 11 is 0. The van der Waals surface area contributed by atoms with E-state index < -0.39 is 0 Å². The highest BCUT2D eigenvalue weighted by Gasteiger charge is 2.22. The zero-order valence-electron chi connectivity index (χ0n) is 11.7. The van der Waals surface area contributed by atoms with E-state index >= 15 is 0 Å². The minimum atomic E-state index is 0.483. The van der Waals surface area contributed by atoms with Crippen molar-refractivity contribution < 1.29 is 0 Å². The predicted octanol–water partition coefficient (Wildman–Crippen LogP) is 3.07. The number of rotatable bonds is 6. The Morgan fingerprint density at radius 2 is 1.83 bits per heavy atom. The highest BCUT2D eigenvalue weighted by atomic mass is 15.1. The van der Waals surface area contributed by atoms with Crippen molar-refractivity contribution in [3.8, 4) is 0 Å². The molecule has 0 amide bonds. The molecule has 1 aliphatic rings. The second kappa shape index (κ2) is 6.91. The van der Waals surface area contributed by atoms with Gasteiger partial charge < -0.3 is 10.2 Å². The molecule has 0 spiro atoms. The summed E-state index contributed by atoms with van der Waals surface area (Å²) in [7, 11) is 0. The predicted molar refractivity (Wildman–Crippen MR) is 77.7 cm³/mol. The van der Waals surface area contributed by atoms with E-state index in [-0.39, 0.29) is 0 Å². The zero-order chi connectivity index (χ0) is 12.8. The molecule has 2 unspecified atom stereocenters. The molecule has 0 radical (unpaired) electrons. The second-order valence-electron chi connectivity index (χ2n) is 5.43. The van der Waals surface area contributed by atoms with Crippen molar-refractivity contribution in [1.29, 1.82) is 0 Å². The minimum absolute atomic E-state index is 0.483. The third-order valence-corrected chi connectivity index (χ3v) is 3.90. The van der Waals surface area contributed by atoms with Gasteiger partial charge in [-0.25, -0.2) is 0 Å². The fourth-order valence-corrected chi connectivity index (χ4v) is 3.01. The Morgan fingerprint density at radius 1 is 1.17 bits per heavy atom. The Kier molecular flexibility index (Phi) is 5.21. The van der Waals surface area contributed by atoms with E-state index in [1.165, 1.54) is 38.0 Å². The molecule has 0 aliphatic carbocycles. The molecule has 2 rings (SSSR count). The first-order valence-electron chi connectivity index (χ1n) is 7.32. The third-order valence-electron chi connectivity index (χ3n) is 3.90. The summed E-state index contributed by atoms with van der Waals surface area (Å²) < 4.78 is 0. The van der Waals surface area contributed by atoms with Crippen LogP contribution in [0.5, 0.6) is 0 Å². The van der Waals surface area contributed by atoms with Gasteiger partial charge in [-0.2, -0.15) is 0 Å². The quantitative estimate of drug-likeness (QED) is 0.830. The van der Waals surface area contributed by atoms with E-state index in [1.54, 1.807) is 0 Å². The SMILES string of the molecule is CCNC(c1ccccc1)C(C)CN1CCCC1. The molecule has 0 bridgehead atoms. The van der Waals surface area contributed by atoms with E-state index in [0.717, 1.165) is 6.54 Å². The van der Waals surface area contributed by atoms with Crippen molar-refractivity contribution in [3.63, 3.8) is 0 Å². The maximum absolute atomic E-state index is 3.65. The molecule has 1 aromatic carbocycles. The van der Waals surface area contributed by atoms with Crippen LogP contribution in [0.3, 0.4) is 0 Å². The third kappa shape index (κ3) is 3.56. The number of likely N-dealkylation sites (tertiary alicyclic amines) is 1. The molecule has 0 aromatic heterocycles. The summed E-state index contributed by atoms with van der Waals surface area (Å²) in [5, 5.41) is 3.65. The standard InChI is InChI=1S/C16H26N2/c1-3-17-16(15-9-5-4-6-10-15)14(2)13-18-11-7-8-12-18/h4-6,9-10,14,16-17H,3,7-8,11-13H2,1-2H3. The lowest BCUT2D eigenvalue weighted by atomic mass is 9.94. The Morgan fingerprint density at radius 3 is 2.44 bits per heavy atom. The van der Waals surface area contributed by atoms with E-state index in [1.807, 2.05) is 0 Å². The van der Waals surface area contributed by atoms with Gasteiger partial charge in [0.05, 0.1) is 0 Å². The smallest absolute Gasteiger partial charge is 0.0358 e. The van der Waals surface area contributed by atoms with Gasteiger partial charge in [0.1, 0.15) is 0 Å². The molecule has 1 aromatic rings. The topological polar surface area (TPSA) is 15.3 Å². The van der Waals surface area contributed by atoms with Crippen LogP contribution in [-0.4, -0.2) is 31.1 Å². The first kappa shape index (κ1) is 13.6. The van der Waals surface area contributed by atoms with Crippen molar-refractivity contribution in [3.05, 3.63) is 35.9 Å². The van der Waals surface area contributed by atoms with Crippen LogP contribution in [0.4, 0.5) is 0 Å². The van der Waals surface area contributed by atoms with Gasteiger partial charge in [0.2, 0.25) is 0 Å². The number of nitrogens with zero attached hydrogens (tertiary/aromatic N) is 1. The van der Waals surface area contributed by atoms with Crippen LogP contribution in [-0.2, 0) is 0 Å². The molecule has 1 aliphatic heterocycles. The van der Waals surface area contributed by atoms with Crippen LogP contribution in [0, 0.1) is 5.92 Å². The molecule has 1 saturated heterocycles. The van der Waals surface area contributed by atoms with Crippen LogP contribution >= 0.6 is 0 Å². The van der Waals surface area contributed by atoms with Gasteiger partial charge in [0.25, 0.3) is 0 Å². The molecule has 1 fully saturated rings. The highest BCUT2D eigenvalue weighted by Crippen LogP contribution is 2.23. The van der Waals surface area contributed by atoms with E-state index in [0.29, 0.717) is 12.0 Å². The van der Waals surface area contributed by atoms with Gasteiger partial charge in [-0.15, -0.1) is 0 Å². The normalized spacial score (nSPS) is 19.9. The number of nitrogens with one attached hydrogen (secondary N) is 1. The van der Waals surface area contributed by atoms with Gasteiger partial charge in [-0.1, -0.05) is 44.2 Å². The molecule has 2 atom stereocenters. The lowest BCUT2D eigenvalue weighted by Gasteiger charge is -2.29. The van der Waals surface area contributed by atoms with Crippen LogP contribution in [0.2, 0.25) is 0 Å². The number of benzene rings is 1. The van der Waals surface area contributed by atoms with E-state index in [9.17, 15) is 0 Å². The van der Waals surface area contributed by atoms with Crippen LogP contribution in [0.25, 0.3) is 0 Å². The lowest BCUT2D eigenvalue weighted by molar-refractivity contribution is 0.249. The first-order valence-corrected chi connectivity index (χ1v) is 7.32. The molecule has 0 saturated carbocycles. The summed E-state index contributed by atoms with van der Waals surface area (Å²) in [6.07, 6.45) is 2.76. The van der Waals surface area contributed by atoms with Crippen LogP contribution < -0.4 is 5.32 Å². The minimum Gasteiger partial charge on any atom is -0.310 e. The Balaban J connectivity index is 1.99. The average Bonchev–Trinajstić information content (AvgIpc) is 2.89. The highest BCUT2D eigenvalue weighted by molar-refractivity contribution is 5.19.